The third kappa shape index (κ3) is 6.23. The number of hydrogen-bond acceptors (Lipinski definition) is 5. The van der Waals surface area contributed by atoms with Crippen LogP contribution >= 0.6 is 0 Å². The van der Waals surface area contributed by atoms with Crippen molar-refractivity contribution in [3.05, 3.63) is 59.2 Å². The SMILES string of the molecule is CCCC(=O)Nc1ccc(C(=O)COC(=O)COc2c(C)cccc2C)cc1. The molecule has 0 aliphatic rings. The molecular formula is C22H25NO5. The lowest BCUT2D eigenvalue weighted by Crippen LogP contribution is -2.20. The number of aryl methyl sites for hydroxylation is 2. The zero-order valence-corrected chi connectivity index (χ0v) is 16.4. The molecule has 0 aliphatic carbocycles. The second-order valence-corrected chi connectivity index (χ2v) is 6.47. The highest BCUT2D eigenvalue weighted by molar-refractivity contribution is 5.98. The average molecular weight is 383 g/mol. The van der Waals surface area contributed by atoms with Crippen molar-refractivity contribution in [2.75, 3.05) is 18.5 Å². The number of anilines is 1. The Morgan fingerprint density at radius 2 is 1.57 bits per heavy atom. The molecule has 0 radical (unpaired) electrons. The number of para-hydroxylation sites is 1. The minimum atomic E-state index is -0.612. The number of carbonyl (C=O) groups is 3. The van der Waals surface area contributed by atoms with Gasteiger partial charge in [0.05, 0.1) is 0 Å². The number of ether oxygens (including phenoxy) is 2. The number of benzene rings is 2. The number of hydrogen-bond donors (Lipinski definition) is 1. The fourth-order valence-electron chi connectivity index (χ4n) is 2.62. The summed E-state index contributed by atoms with van der Waals surface area (Å²) in [4.78, 5) is 35.6. The number of nitrogens with one attached hydrogen (secondary N) is 1. The second kappa shape index (κ2) is 10.3. The molecule has 6 nitrogen and oxygen atoms in total. The maximum atomic E-state index is 12.2. The Morgan fingerprint density at radius 1 is 0.929 bits per heavy atom. The molecule has 0 bridgehead atoms. The lowest BCUT2D eigenvalue weighted by Gasteiger charge is -2.11. The lowest BCUT2D eigenvalue weighted by molar-refractivity contribution is -0.144. The quantitative estimate of drug-likeness (QED) is 0.525. The number of ketones is 1. The number of carbonyl (C=O) groups excluding carboxylic acids is 3. The molecule has 2 aromatic rings. The van der Waals surface area contributed by atoms with Gasteiger partial charge in [-0.1, -0.05) is 25.1 Å². The van der Waals surface area contributed by atoms with Gasteiger partial charge in [0.25, 0.3) is 0 Å². The summed E-state index contributed by atoms with van der Waals surface area (Å²) in [6.07, 6.45) is 1.21. The summed E-state index contributed by atoms with van der Waals surface area (Å²) >= 11 is 0. The van der Waals surface area contributed by atoms with Crippen LogP contribution in [-0.2, 0) is 14.3 Å². The number of esters is 1. The molecule has 6 heteroatoms. The van der Waals surface area contributed by atoms with E-state index in [1.807, 2.05) is 39.0 Å². The maximum absolute atomic E-state index is 12.2. The van der Waals surface area contributed by atoms with Crippen molar-refractivity contribution in [1.82, 2.24) is 0 Å². The maximum Gasteiger partial charge on any atom is 0.344 e. The van der Waals surface area contributed by atoms with E-state index in [1.165, 1.54) is 0 Å². The molecule has 0 unspecified atom stereocenters. The van der Waals surface area contributed by atoms with Gasteiger partial charge in [0.1, 0.15) is 5.75 Å². The third-order valence-electron chi connectivity index (χ3n) is 4.08. The number of rotatable bonds is 9. The van der Waals surface area contributed by atoms with Crippen LogP contribution in [0.3, 0.4) is 0 Å². The van der Waals surface area contributed by atoms with Crippen LogP contribution < -0.4 is 10.1 Å². The van der Waals surface area contributed by atoms with Crippen molar-refractivity contribution >= 4 is 23.3 Å². The molecule has 2 rings (SSSR count). The molecule has 1 N–H and O–H groups in total. The highest BCUT2D eigenvalue weighted by Crippen LogP contribution is 2.22. The minimum Gasteiger partial charge on any atom is -0.481 e. The van der Waals surface area contributed by atoms with Gasteiger partial charge in [-0.3, -0.25) is 9.59 Å². The van der Waals surface area contributed by atoms with E-state index in [-0.39, 0.29) is 24.9 Å². The van der Waals surface area contributed by atoms with Crippen molar-refractivity contribution in [2.45, 2.75) is 33.6 Å². The molecule has 0 spiro atoms. The Labute approximate surface area is 164 Å². The molecule has 0 saturated heterocycles. The molecule has 2 aromatic carbocycles. The highest BCUT2D eigenvalue weighted by atomic mass is 16.6. The zero-order chi connectivity index (χ0) is 20.5. The van der Waals surface area contributed by atoms with Crippen LogP contribution in [0.1, 0.15) is 41.3 Å². The fourth-order valence-corrected chi connectivity index (χ4v) is 2.62. The van der Waals surface area contributed by atoms with Gasteiger partial charge >= 0.3 is 5.97 Å². The van der Waals surface area contributed by atoms with Crippen molar-refractivity contribution in [3.8, 4) is 5.75 Å². The van der Waals surface area contributed by atoms with E-state index < -0.39 is 5.97 Å². The van der Waals surface area contributed by atoms with E-state index in [2.05, 4.69) is 5.32 Å². The van der Waals surface area contributed by atoms with Gasteiger partial charge in [-0.05, 0) is 55.7 Å². The number of Topliss-reactive ketones (excluding diaryl/α,β-unsaturated/α-hetero) is 1. The van der Waals surface area contributed by atoms with E-state index in [9.17, 15) is 14.4 Å². The van der Waals surface area contributed by atoms with E-state index in [1.54, 1.807) is 24.3 Å². The molecule has 0 saturated carbocycles. The monoisotopic (exact) mass is 383 g/mol. The predicted molar refractivity (Wildman–Crippen MR) is 107 cm³/mol. The molecule has 1 amide bonds. The van der Waals surface area contributed by atoms with Crippen LogP contribution in [0.25, 0.3) is 0 Å². The first-order valence-corrected chi connectivity index (χ1v) is 9.18. The lowest BCUT2D eigenvalue weighted by atomic mass is 10.1. The Kier molecular flexibility index (Phi) is 7.75. The van der Waals surface area contributed by atoms with Crippen LogP contribution in [0, 0.1) is 13.8 Å². The van der Waals surface area contributed by atoms with Gasteiger partial charge in [-0.15, -0.1) is 0 Å². The summed E-state index contributed by atoms with van der Waals surface area (Å²) in [7, 11) is 0. The van der Waals surface area contributed by atoms with Crippen molar-refractivity contribution in [3.63, 3.8) is 0 Å². The smallest absolute Gasteiger partial charge is 0.344 e. The molecule has 0 heterocycles. The largest absolute Gasteiger partial charge is 0.481 e. The van der Waals surface area contributed by atoms with Crippen LogP contribution in [0.4, 0.5) is 5.69 Å². The van der Waals surface area contributed by atoms with E-state index >= 15 is 0 Å². The Balaban J connectivity index is 1.81. The van der Waals surface area contributed by atoms with Crippen molar-refractivity contribution in [2.24, 2.45) is 0 Å². The molecule has 28 heavy (non-hydrogen) atoms. The van der Waals surface area contributed by atoms with Crippen molar-refractivity contribution in [1.29, 1.82) is 0 Å². The van der Waals surface area contributed by atoms with Gasteiger partial charge in [-0.2, -0.15) is 0 Å². The number of amides is 1. The second-order valence-electron chi connectivity index (χ2n) is 6.47. The van der Waals surface area contributed by atoms with Crippen LogP contribution in [0.2, 0.25) is 0 Å². The molecular weight excluding hydrogens is 358 g/mol. The summed E-state index contributed by atoms with van der Waals surface area (Å²) in [6.45, 7) is 5.09. The van der Waals surface area contributed by atoms with Crippen LogP contribution in [0.5, 0.6) is 5.75 Å². The summed E-state index contributed by atoms with van der Waals surface area (Å²) in [6, 6.07) is 12.2. The fraction of sp³-hybridized carbons (Fsp3) is 0.318. The first-order valence-electron chi connectivity index (χ1n) is 9.18. The Hall–Kier alpha value is -3.15. The standard InChI is InChI=1S/C22H25NO5/c1-4-6-20(25)23-18-11-9-17(10-12-18)19(24)13-27-21(26)14-28-22-15(2)7-5-8-16(22)3/h5,7-12H,4,6,13-14H2,1-3H3,(H,23,25). The van der Waals surface area contributed by atoms with Gasteiger partial charge in [0.2, 0.25) is 5.91 Å². The average Bonchev–Trinajstić information content (AvgIpc) is 2.66. The minimum absolute atomic E-state index is 0.0700. The van der Waals surface area contributed by atoms with Gasteiger partial charge < -0.3 is 14.8 Å². The molecule has 0 aliphatic heterocycles. The first-order chi connectivity index (χ1) is 13.4. The summed E-state index contributed by atoms with van der Waals surface area (Å²) in [5.41, 5.74) is 2.87. The summed E-state index contributed by atoms with van der Waals surface area (Å²) in [5.74, 6) is -0.364. The van der Waals surface area contributed by atoms with Gasteiger partial charge in [0.15, 0.2) is 19.0 Å². The molecule has 0 atom stereocenters. The van der Waals surface area contributed by atoms with Gasteiger partial charge in [-0.25, -0.2) is 4.79 Å². The Bertz CT molecular complexity index is 822. The van der Waals surface area contributed by atoms with Gasteiger partial charge in [0, 0.05) is 17.7 Å². The normalized spacial score (nSPS) is 10.2. The van der Waals surface area contributed by atoms with E-state index in [4.69, 9.17) is 9.47 Å². The molecule has 0 aromatic heterocycles. The third-order valence-corrected chi connectivity index (χ3v) is 4.08. The van der Waals surface area contributed by atoms with Crippen molar-refractivity contribution < 1.29 is 23.9 Å². The molecule has 0 fully saturated rings. The molecule has 148 valence electrons. The summed E-state index contributed by atoms with van der Waals surface area (Å²) in [5, 5.41) is 2.75. The Morgan fingerprint density at radius 3 is 2.18 bits per heavy atom. The first kappa shape index (κ1) is 21.2. The zero-order valence-electron chi connectivity index (χ0n) is 16.4. The summed E-state index contributed by atoms with van der Waals surface area (Å²) < 4.78 is 10.5. The van der Waals surface area contributed by atoms with E-state index in [0.717, 1.165) is 17.5 Å². The highest BCUT2D eigenvalue weighted by Gasteiger charge is 2.12. The van der Waals surface area contributed by atoms with Crippen LogP contribution in [0.15, 0.2) is 42.5 Å². The topological polar surface area (TPSA) is 81.7 Å². The van der Waals surface area contributed by atoms with E-state index in [0.29, 0.717) is 23.4 Å². The predicted octanol–water partition coefficient (Wildman–Crippen LogP) is 3.85. The van der Waals surface area contributed by atoms with Crippen LogP contribution in [-0.4, -0.2) is 30.9 Å².